The van der Waals surface area contributed by atoms with Crippen LogP contribution in [-0.4, -0.2) is 29.8 Å². The van der Waals surface area contributed by atoms with Crippen molar-refractivity contribution in [3.05, 3.63) is 21.3 Å². The predicted octanol–water partition coefficient (Wildman–Crippen LogP) is 2.56. The van der Waals surface area contributed by atoms with Crippen LogP contribution in [0.4, 0.5) is 0 Å². The topological polar surface area (TPSA) is 63.4 Å². The normalized spacial score (nSPS) is 19.2. The minimum Gasteiger partial charge on any atom is -0.369 e. The van der Waals surface area contributed by atoms with Crippen LogP contribution < -0.4 is 5.73 Å². The van der Waals surface area contributed by atoms with Gasteiger partial charge in [0.25, 0.3) is 5.91 Å². The number of amides is 2. The summed E-state index contributed by atoms with van der Waals surface area (Å²) in [5.74, 6) is -0.667. The summed E-state index contributed by atoms with van der Waals surface area (Å²) < 4.78 is 1.05. The molecule has 4 nitrogen and oxygen atoms in total. The van der Waals surface area contributed by atoms with Crippen molar-refractivity contribution in [3.8, 4) is 0 Å². The van der Waals surface area contributed by atoms with Gasteiger partial charge in [0.2, 0.25) is 5.91 Å². The van der Waals surface area contributed by atoms with E-state index in [9.17, 15) is 9.59 Å². The van der Waals surface area contributed by atoms with Crippen LogP contribution >= 0.6 is 34.3 Å². The maximum absolute atomic E-state index is 12.4. The second-order valence-corrected chi connectivity index (χ2v) is 7.08. The molecule has 1 saturated heterocycles. The van der Waals surface area contributed by atoms with Crippen LogP contribution in [0, 0.1) is 5.92 Å². The lowest BCUT2D eigenvalue weighted by molar-refractivity contribution is -0.121. The van der Waals surface area contributed by atoms with Gasteiger partial charge >= 0.3 is 0 Å². The average Bonchev–Trinajstić information content (AvgIpc) is 3.05. The highest BCUT2D eigenvalue weighted by Crippen LogP contribution is 2.39. The molecule has 0 radical (unpaired) electrons. The Labute approximate surface area is 122 Å². The monoisotopic (exact) mass is 314 g/mol. The Hall–Kier alpha value is -1.11. The molecule has 19 heavy (non-hydrogen) atoms. The van der Waals surface area contributed by atoms with Gasteiger partial charge in [-0.2, -0.15) is 0 Å². The van der Waals surface area contributed by atoms with E-state index in [1.807, 2.05) is 11.4 Å². The van der Waals surface area contributed by atoms with Crippen molar-refractivity contribution in [1.29, 1.82) is 0 Å². The Bertz CT molecular complexity index is 664. The summed E-state index contributed by atoms with van der Waals surface area (Å²) in [6, 6.07) is 1.92. The van der Waals surface area contributed by atoms with E-state index in [1.54, 1.807) is 16.2 Å². The molecule has 0 saturated carbocycles. The third-order valence-corrected chi connectivity index (χ3v) is 6.07. The molecule has 1 atom stereocenters. The maximum Gasteiger partial charge on any atom is 0.265 e. The van der Waals surface area contributed by atoms with E-state index in [-0.39, 0.29) is 17.7 Å². The van der Waals surface area contributed by atoms with Crippen LogP contribution in [0.15, 0.2) is 11.4 Å². The number of thiophene rings is 2. The Morgan fingerprint density at radius 3 is 2.89 bits per heavy atom. The molecule has 1 unspecified atom stereocenters. The van der Waals surface area contributed by atoms with Gasteiger partial charge in [-0.25, -0.2) is 0 Å². The van der Waals surface area contributed by atoms with Crippen LogP contribution in [0.2, 0.25) is 5.02 Å². The minimum atomic E-state index is -0.339. The number of rotatable bonds is 2. The molecule has 2 N–H and O–H groups in total. The average molecular weight is 315 g/mol. The summed E-state index contributed by atoms with van der Waals surface area (Å²) in [6.45, 7) is 0.963. The van der Waals surface area contributed by atoms with Gasteiger partial charge in [0.05, 0.1) is 15.0 Å². The SMILES string of the molecule is NC(=O)C1CCN(C(=O)c2sc3sccc3c2Cl)C1. The van der Waals surface area contributed by atoms with E-state index >= 15 is 0 Å². The molecule has 0 bridgehead atoms. The number of carbonyl (C=O) groups is 2. The summed E-state index contributed by atoms with van der Waals surface area (Å²) in [5.41, 5.74) is 5.27. The maximum atomic E-state index is 12.4. The predicted molar refractivity (Wildman–Crippen MR) is 77.9 cm³/mol. The first kappa shape index (κ1) is 12.9. The highest BCUT2D eigenvalue weighted by atomic mass is 35.5. The number of nitrogens with two attached hydrogens (primary N) is 1. The fraction of sp³-hybridized carbons (Fsp3) is 0.333. The van der Waals surface area contributed by atoms with E-state index in [4.69, 9.17) is 17.3 Å². The zero-order valence-electron chi connectivity index (χ0n) is 9.89. The number of hydrogen-bond acceptors (Lipinski definition) is 4. The Morgan fingerprint density at radius 2 is 2.26 bits per heavy atom. The number of likely N-dealkylation sites (tertiary alicyclic amines) is 1. The lowest BCUT2D eigenvalue weighted by atomic mass is 10.1. The fourth-order valence-corrected chi connectivity index (χ4v) is 4.84. The molecule has 2 amide bonds. The quantitative estimate of drug-likeness (QED) is 0.926. The molecule has 3 rings (SSSR count). The molecule has 1 aliphatic heterocycles. The van der Waals surface area contributed by atoms with Crippen molar-refractivity contribution in [2.45, 2.75) is 6.42 Å². The first-order valence-electron chi connectivity index (χ1n) is 5.82. The molecule has 2 aromatic heterocycles. The standard InChI is InChI=1S/C12H11ClN2O2S2/c13-8-7-2-4-18-12(7)19-9(8)11(17)15-3-1-6(5-15)10(14)16/h2,4,6H,1,3,5H2,(H2,14,16). The Morgan fingerprint density at radius 1 is 1.47 bits per heavy atom. The molecule has 3 heterocycles. The summed E-state index contributed by atoms with van der Waals surface area (Å²) in [6.07, 6.45) is 0.637. The third-order valence-electron chi connectivity index (χ3n) is 3.33. The summed E-state index contributed by atoms with van der Waals surface area (Å²) in [5, 5.41) is 3.42. The highest BCUT2D eigenvalue weighted by Gasteiger charge is 2.32. The van der Waals surface area contributed by atoms with Crippen LogP contribution in [-0.2, 0) is 4.79 Å². The smallest absolute Gasteiger partial charge is 0.265 e. The van der Waals surface area contributed by atoms with Crippen molar-refractivity contribution >= 4 is 55.5 Å². The number of fused-ring (bicyclic) bond motifs is 1. The molecule has 100 valence electrons. The molecular formula is C12H11ClN2O2S2. The van der Waals surface area contributed by atoms with E-state index in [0.29, 0.717) is 29.4 Å². The molecular weight excluding hydrogens is 304 g/mol. The summed E-state index contributed by atoms with van der Waals surface area (Å²) in [4.78, 5) is 25.8. The first-order valence-corrected chi connectivity index (χ1v) is 7.89. The van der Waals surface area contributed by atoms with Gasteiger partial charge in [-0.3, -0.25) is 9.59 Å². The minimum absolute atomic E-state index is 0.0952. The fourth-order valence-electron chi connectivity index (χ4n) is 2.26. The van der Waals surface area contributed by atoms with Crippen LogP contribution in [0.5, 0.6) is 0 Å². The van der Waals surface area contributed by atoms with Crippen molar-refractivity contribution in [2.24, 2.45) is 11.7 Å². The molecule has 2 aromatic rings. The van der Waals surface area contributed by atoms with Crippen LogP contribution in [0.1, 0.15) is 16.1 Å². The van der Waals surface area contributed by atoms with E-state index < -0.39 is 0 Å². The van der Waals surface area contributed by atoms with Crippen molar-refractivity contribution in [1.82, 2.24) is 4.90 Å². The number of halogens is 1. The molecule has 7 heteroatoms. The zero-order valence-corrected chi connectivity index (χ0v) is 12.3. The van der Waals surface area contributed by atoms with Crippen molar-refractivity contribution in [3.63, 3.8) is 0 Å². The van der Waals surface area contributed by atoms with Crippen LogP contribution in [0.3, 0.4) is 0 Å². The van der Waals surface area contributed by atoms with Gasteiger partial charge in [-0.1, -0.05) is 11.6 Å². The number of carbonyl (C=O) groups excluding carboxylic acids is 2. The zero-order chi connectivity index (χ0) is 13.6. The highest BCUT2D eigenvalue weighted by molar-refractivity contribution is 7.38. The van der Waals surface area contributed by atoms with E-state index in [0.717, 1.165) is 9.40 Å². The lowest BCUT2D eigenvalue weighted by Crippen LogP contribution is -2.31. The molecule has 0 aromatic carbocycles. The van der Waals surface area contributed by atoms with Crippen LogP contribution in [0.25, 0.3) is 9.40 Å². The van der Waals surface area contributed by atoms with E-state index in [1.165, 1.54) is 11.3 Å². The molecule has 0 spiro atoms. The third kappa shape index (κ3) is 2.13. The second kappa shape index (κ2) is 4.77. The van der Waals surface area contributed by atoms with Gasteiger partial charge in [0.15, 0.2) is 0 Å². The largest absolute Gasteiger partial charge is 0.369 e. The number of hydrogen-bond donors (Lipinski definition) is 1. The van der Waals surface area contributed by atoms with Gasteiger partial charge in [-0.15, -0.1) is 22.7 Å². The van der Waals surface area contributed by atoms with Gasteiger partial charge in [-0.05, 0) is 17.9 Å². The van der Waals surface area contributed by atoms with E-state index in [2.05, 4.69) is 0 Å². The van der Waals surface area contributed by atoms with Crippen molar-refractivity contribution in [2.75, 3.05) is 13.1 Å². The number of nitrogens with zero attached hydrogens (tertiary/aromatic N) is 1. The second-order valence-electron chi connectivity index (χ2n) is 4.51. The summed E-state index contributed by atoms with van der Waals surface area (Å²) >= 11 is 9.24. The van der Waals surface area contributed by atoms with Gasteiger partial charge in [0.1, 0.15) is 4.88 Å². The lowest BCUT2D eigenvalue weighted by Gasteiger charge is -2.14. The Kier molecular flexibility index (Phi) is 3.24. The van der Waals surface area contributed by atoms with Crippen molar-refractivity contribution < 1.29 is 9.59 Å². The molecule has 1 fully saturated rings. The molecule has 0 aliphatic carbocycles. The number of primary amides is 1. The molecule has 1 aliphatic rings. The van der Waals surface area contributed by atoms with Gasteiger partial charge in [0, 0.05) is 18.5 Å². The summed E-state index contributed by atoms with van der Waals surface area (Å²) in [7, 11) is 0. The Balaban J connectivity index is 1.86. The van der Waals surface area contributed by atoms with Gasteiger partial charge < -0.3 is 10.6 Å². The first-order chi connectivity index (χ1) is 9.08.